The highest BCUT2D eigenvalue weighted by atomic mass is 16.5. The van der Waals surface area contributed by atoms with Gasteiger partial charge in [-0.1, -0.05) is 18.2 Å². The summed E-state index contributed by atoms with van der Waals surface area (Å²) in [5.41, 5.74) is 1.12. The largest absolute Gasteiger partial charge is 0.496 e. The molecule has 2 heterocycles. The monoisotopic (exact) mass is 328 g/mol. The SMILES string of the molecule is COc1ccccc1[C@@H]1CN(C(=O)Cn2ccnc2C)CCN1C. The van der Waals surface area contributed by atoms with Crippen LogP contribution in [0, 0.1) is 6.92 Å². The number of carbonyl (C=O) groups is 1. The second kappa shape index (κ2) is 7.05. The van der Waals surface area contributed by atoms with Gasteiger partial charge in [0.05, 0.1) is 13.2 Å². The van der Waals surface area contributed by atoms with E-state index in [4.69, 9.17) is 4.74 Å². The molecule has 1 aliphatic rings. The van der Waals surface area contributed by atoms with Gasteiger partial charge in [-0.05, 0) is 20.0 Å². The Morgan fingerprint density at radius 1 is 1.33 bits per heavy atom. The molecule has 1 atom stereocenters. The van der Waals surface area contributed by atoms with Gasteiger partial charge in [-0.3, -0.25) is 9.69 Å². The van der Waals surface area contributed by atoms with Gasteiger partial charge in [-0.2, -0.15) is 0 Å². The van der Waals surface area contributed by atoms with Crippen LogP contribution in [0.2, 0.25) is 0 Å². The number of hydrogen-bond acceptors (Lipinski definition) is 4. The second-order valence-corrected chi connectivity index (χ2v) is 6.18. The van der Waals surface area contributed by atoms with Gasteiger partial charge in [0, 0.05) is 37.6 Å². The molecule has 1 amide bonds. The number of nitrogens with zero attached hydrogens (tertiary/aromatic N) is 4. The van der Waals surface area contributed by atoms with E-state index in [1.165, 1.54) is 0 Å². The highest BCUT2D eigenvalue weighted by molar-refractivity contribution is 5.76. The highest BCUT2D eigenvalue weighted by Crippen LogP contribution is 2.31. The van der Waals surface area contributed by atoms with Crippen molar-refractivity contribution in [3.05, 3.63) is 48.0 Å². The Bertz CT molecular complexity index is 713. The normalized spacial score (nSPS) is 18.6. The number of likely N-dealkylation sites (N-methyl/N-ethyl adjacent to an activating group) is 1. The predicted molar refractivity (Wildman–Crippen MR) is 91.9 cm³/mol. The molecule has 1 saturated heterocycles. The third-order valence-electron chi connectivity index (χ3n) is 4.73. The molecule has 128 valence electrons. The summed E-state index contributed by atoms with van der Waals surface area (Å²) >= 11 is 0. The number of benzene rings is 1. The molecule has 0 saturated carbocycles. The van der Waals surface area contributed by atoms with Crippen LogP contribution in [0.4, 0.5) is 0 Å². The molecule has 6 heteroatoms. The van der Waals surface area contributed by atoms with E-state index in [0.717, 1.165) is 30.2 Å². The number of carbonyl (C=O) groups excluding carboxylic acids is 1. The molecular formula is C18H24N4O2. The van der Waals surface area contributed by atoms with Crippen molar-refractivity contribution >= 4 is 5.91 Å². The van der Waals surface area contributed by atoms with Crippen molar-refractivity contribution in [1.82, 2.24) is 19.4 Å². The average molecular weight is 328 g/mol. The lowest BCUT2D eigenvalue weighted by atomic mass is 10.0. The fourth-order valence-corrected chi connectivity index (χ4v) is 3.19. The van der Waals surface area contributed by atoms with Crippen LogP contribution in [0.15, 0.2) is 36.7 Å². The Labute approximate surface area is 142 Å². The van der Waals surface area contributed by atoms with Crippen LogP contribution in [0.3, 0.4) is 0 Å². The number of amides is 1. The zero-order valence-electron chi connectivity index (χ0n) is 14.5. The van der Waals surface area contributed by atoms with E-state index in [9.17, 15) is 4.79 Å². The van der Waals surface area contributed by atoms with Crippen LogP contribution in [-0.2, 0) is 11.3 Å². The van der Waals surface area contributed by atoms with Crippen molar-refractivity contribution in [3.63, 3.8) is 0 Å². The number of imidazole rings is 1. The van der Waals surface area contributed by atoms with E-state index in [0.29, 0.717) is 13.1 Å². The minimum atomic E-state index is 0.129. The number of methoxy groups -OCH3 is 1. The second-order valence-electron chi connectivity index (χ2n) is 6.18. The van der Waals surface area contributed by atoms with Crippen LogP contribution in [0.1, 0.15) is 17.4 Å². The Kier molecular flexibility index (Phi) is 4.85. The Balaban J connectivity index is 1.75. The third-order valence-corrected chi connectivity index (χ3v) is 4.73. The first-order valence-corrected chi connectivity index (χ1v) is 8.19. The number of aryl methyl sites for hydroxylation is 1. The zero-order chi connectivity index (χ0) is 17.1. The lowest BCUT2D eigenvalue weighted by molar-refractivity contribution is -0.134. The van der Waals surface area contributed by atoms with Crippen LogP contribution in [0.25, 0.3) is 0 Å². The predicted octanol–water partition coefficient (Wildman–Crippen LogP) is 1.72. The summed E-state index contributed by atoms with van der Waals surface area (Å²) < 4.78 is 7.39. The maximum Gasteiger partial charge on any atom is 0.242 e. The van der Waals surface area contributed by atoms with Gasteiger partial charge in [-0.15, -0.1) is 0 Å². The zero-order valence-corrected chi connectivity index (χ0v) is 14.5. The maximum atomic E-state index is 12.7. The summed E-state index contributed by atoms with van der Waals surface area (Å²) in [6.07, 6.45) is 3.57. The molecule has 0 aliphatic carbocycles. The first-order valence-electron chi connectivity index (χ1n) is 8.19. The minimum absolute atomic E-state index is 0.129. The smallest absolute Gasteiger partial charge is 0.242 e. The Morgan fingerprint density at radius 2 is 2.12 bits per heavy atom. The molecule has 2 aromatic rings. The summed E-state index contributed by atoms with van der Waals surface area (Å²) in [5, 5.41) is 0. The van der Waals surface area contributed by atoms with Crippen molar-refractivity contribution in [3.8, 4) is 5.75 Å². The van der Waals surface area contributed by atoms with E-state index in [-0.39, 0.29) is 11.9 Å². The molecule has 1 fully saturated rings. The minimum Gasteiger partial charge on any atom is -0.496 e. The van der Waals surface area contributed by atoms with Crippen LogP contribution >= 0.6 is 0 Å². The van der Waals surface area contributed by atoms with Gasteiger partial charge in [0.25, 0.3) is 0 Å². The van der Waals surface area contributed by atoms with Gasteiger partial charge in [0.2, 0.25) is 5.91 Å². The maximum absolute atomic E-state index is 12.7. The van der Waals surface area contributed by atoms with Crippen molar-refractivity contribution in [1.29, 1.82) is 0 Å². The quantitative estimate of drug-likeness (QED) is 0.857. The number of hydrogen-bond donors (Lipinski definition) is 0. The molecule has 0 unspecified atom stereocenters. The summed E-state index contributed by atoms with van der Waals surface area (Å²) in [6, 6.07) is 8.17. The van der Waals surface area contributed by atoms with Gasteiger partial charge in [0.15, 0.2) is 0 Å². The topological polar surface area (TPSA) is 50.6 Å². The Hall–Kier alpha value is -2.34. The van der Waals surface area contributed by atoms with Gasteiger partial charge in [-0.25, -0.2) is 4.98 Å². The number of piperazine rings is 1. The first-order chi connectivity index (χ1) is 11.6. The van der Waals surface area contributed by atoms with Crippen molar-refractivity contribution in [2.45, 2.75) is 19.5 Å². The fourth-order valence-electron chi connectivity index (χ4n) is 3.19. The number of para-hydroxylation sites is 1. The molecule has 0 N–H and O–H groups in total. The summed E-state index contributed by atoms with van der Waals surface area (Å²) in [4.78, 5) is 21.1. The van der Waals surface area contributed by atoms with Crippen LogP contribution < -0.4 is 4.74 Å². The number of ether oxygens (including phenoxy) is 1. The Morgan fingerprint density at radius 3 is 2.83 bits per heavy atom. The van der Waals surface area contributed by atoms with E-state index in [1.807, 2.05) is 40.8 Å². The lowest BCUT2D eigenvalue weighted by Crippen LogP contribution is -2.49. The van der Waals surface area contributed by atoms with Gasteiger partial charge >= 0.3 is 0 Å². The average Bonchev–Trinajstić information content (AvgIpc) is 3.00. The molecule has 24 heavy (non-hydrogen) atoms. The van der Waals surface area contributed by atoms with Gasteiger partial charge < -0.3 is 14.2 Å². The lowest BCUT2D eigenvalue weighted by Gasteiger charge is -2.40. The molecule has 6 nitrogen and oxygen atoms in total. The van der Waals surface area contributed by atoms with Crippen molar-refractivity contribution in [2.24, 2.45) is 0 Å². The molecule has 1 aliphatic heterocycles. The number of rotatable bonds is 4. The molecule has 0 bridgehead atoms. The van der Waals surface area contributed by atoms with Crippen molar-refractivity contribution < 1.29 is 9.53 Å². The summed E-state index contributed by atoms with van der Waals surface area (Å²) in [5.74, 6) is 1.86. The highest BCUT2D eigenvalue weighted by Gasteiger charge is 2.30. The molecule has 3 rings (SSSR count). The standard InChI is InChI=1S/C18H24N4O2/c1-14-19-8-9-21(14)13-18(23)22-11-10-20(2)16(12-22)15-6-4-5-7-17(15)24-3/h4-9,16H,10-13H2,1-3H3/t16-/m0/s1. The molecule has 1 aromatic heterocycles. The number of aromatic nitrogens is 2. The van der Waals surface area contributed by atoms with Crippen molar-refractivity contribution in [2.75, 3.05) is 33.8 Å². The summed E-state index contributed by atoms with van der Waals surface area (Å²) in [6.45, 7) is 4.51. The third kappa shape index (κ3) is 3.28. The molecular weight excluding hydrogens is 304 g/mol. The van der Waals surface area contributed by atoms with E-state index >= 15 is 0 Å². The first kappa shape index (κ1) is 16.5. The van der Waals surface area contributed by atoms with Crippen LogP contribution in [-0.4, -0.2) is 59.0 Å². The van der Waals surface area contributed by atoms with E-state index in [2.05, 4.69) is 23.0 Å². The molecule has 0 radical (unpaired) electrons. The van der Waals surface area contributed by atoms with Crippen LogP contribution in [0.5, 0.6) is 5.75 Å². The van der Waals surface area contributed by atoms with Gasteiger partial charge in [0.1, 0.15) is 18.1 Å². The van der Waals surface area contributed by atoms with E-state index < -0.39 is 0 Å². The fraction of sp³-hybridized carbons (Fsp3) is 0.444. The molecule has 0 spiro atoms. The van der Waals surface area contributed by atoms with E-state index in [1.54, 1.807) is 13.3 Å². The molecule has 1 aromatic carbocycles. The summed E-state index contributed by atoms with van der Waals surface area (Å²) in [7, 11) is 3.78.